The van der Waals surface area contributed by atoms with E-state index in [0.717, 1.165) is 79.7 Å². The third-order valence-electron chi connectivity index (χ3n) is 14.3. The van der Waals surface area contributed by atoms with Crippen molar-refractivity contribution in [3.05, 3.63) is 76.6 Å². The predicted molar refractivity (Wildman–Crippen MR) is 241 cm³/mol. The van der Waals surface area contributed by atoms with Crippen molar-refractivity contribution in [2.24, 2.45) is 18.9 Å². The number of rotatable bonds is 6. The number of nitrogens with one attached hydrogen (secondary N) is 2. The molecule has 5 aliphatic rings. The molecule has 3 amide bonds. The molecule has 65 heavy (non-hydrogen) atoms. The Bertz CT molecular complexity index is 2650. The van der Waals surface area contributed by atoms with Gasteiger partial charge in [-0.3, -0.25) is 34.9 Å². The van der Waals surface area contributed by atoms with Crippen molar-refractivity contribution in [3.63, 3.8) is 0 Å². The molecule has 17 heteroatoms. The number of anilines is 3. The van der Waals surface area contributed by atoms with Crippen LogP contribution in [-0.2, 0) is 27.9 Å². The van der Waals surface area contributed by atoms with Gasteiger partial charge in [0.05, 0.1) is 53.2 Å². The highest BCUT2D eigenvalue weighted by molar-refractivity contribution is 6.05. The highest BCUT2D eigenvalue weighted by Gasteiger charge is 2.37. The lowest BCUT2D eigenvalue weighted by atomic mass is 9.89. The lowest BCUT2D eigenvalue weighted by Gasteiger charge is -2.48. The fraction of sp³-hybridized carbons (Fsp3) is 0.500. The van der Waals surface area contributed by atoms with Crippen LogP contribution in [0.4, 0.5) is 26.1 Å². The average molecular weight is 891 g/mol. The molecule has 5 aromatic rings. The fourth-order valence-corrected chi connectivity index (χ4v) is 11.2. The van der Waals surface area contributed by atoms with E-state index < -0.39 is 29.4 Å². The summed E-state index contributed by atoms with van der Waals surface area (Å²) in [5, 5.41) is 10.1. The molecule has 0 radical (unpaired) electrons. The van der Waals surface area contributed by atoms with Crippen LogP contribution in [0.1, 0.15) is 78.2 Å². The Morgan fingerprint density at radius 3 is 2.40 bits per heavy atom. The number of methoxy groups -OCH3 is 1. The van der Waals surface area contributed by atoms with Gasteiger partial charge in [-0.05, 0) is 107 Å². The standard InChI is InChI=1S/C48H56F2N10O5/c1-27-17-31-19-40(51-27)43-28(2)55-56(3)47(43)65-25-30-6-5-29(18-30)23-60-41-22-33(7-9-39(41)52-48(60)54-45(31)62)58-15-16-59(35(24-58)26-64-4)32-11-13-57(14-12-32)34-20-37(49)44(38(50)21-34)36-8-10-42(61)53-46(36)63/h7,9,17,19-22,29-30,32,35-36H,5-6,8,10-16,18,23-26H2,1-4H3,(H,52,54,62)(H,53,61,63)/t29-,30+,35+,36-/m1/s1. The minimum absolute atomic E-state index is 0.0483. The number of benzene rings is 2. The number of aryl methyl sites for hydroxylation is 3. The molecular weight excluding hydrogens is 835 g/mol. The minimum Gasteiger partial charge on any atom is -0.477 e. The smallest absolute Gasteiger partial charge is 0.258 e. The lowest BCUT2D eigenvalue weighted by molar-refractivity contribution is -0.134. The van der Waals surface area contributed by atoms with Crippen LogP contribution in [0.25, 0.3) is 22.3 Å². The maximum atomic E-state index is 15.4. The van der Waals surface area contributed by atoms with Gasteiger partial charge in [0, 0.05) is 94.1 Å². The highest BCUT2D eigenvalue weighted by Crippen LogP contribution is 2.39. The molecule has 1 saturated carbocycles. The van der Waals surface area contributed by atoms with Crippen molar-refractivity contribution < 1.29 is 32.6 Å². The third kappa shape index (κ3) is 8.32. The average Bonchev–Trinajstić information content (AvgIpc) is 3.96. The number of imide groups is 1. The molecule has 7 heterocycles. The predicted octanol–water partition coefficient (Wildman–Crippen LogP) is 6.11. The maximum absolute atomic E-state index is 15.4. The Kier molecular flexibility index (Phi) is 11.5. The number of pyridine rings is 1. The van der Waals surface area contributed by atoms with E-state index in [4.69, 9.17) is 19.4 Å². The second kappa shape index (κ2) is 17.5. The number of imidazole rings is 1. The molecule has 4 atom stereocenters. The second-order valence-electron chi connectivity index (χ2n) is 18.6. The summed E-state index contributed by atoms with van der Waals surface area (Å²) in [5.74, 6) is -1.96. The van der Waals surface area contributed by atoms with Gasteiger partial charge < -0.3 is 23.8 Å². The number of carbonyl (C=O) groups excluding carboxylic acids is 3. The van der Waals surface area contributed by atoms with Gasteiger partial charge in [-0.2, -0.15) is 5.10 Å². The van der Waals surface area contributed by atoms with Gasteiger partial charge in [0.2, 0.25) is 23.6 Å². The molecule has 15 nitrogen and oxygen atoms in total. The number of nitrogens with zero attached hydrogens (tertiary/aromatic N) is 8. The van der Waals surface area contributed by atoms with Crippen LogP contribution in [0.2, 0.25) is 0 Å². The number of carbonyl (C=O) groups is 3. The number of amides is 3. The molecular formula is C48H56F2N10O5. The van der Waals surface area contributed by atoms with E-state index in [1.54, 1.807) is 17.9 Å². The number of ether oxygens (including phenoxy) is 2. The van der Waals surface area contributed by atoms with Crippen molar-refractivity contribution in [2.45, 2.75) is 83.3 Å². The van der Waals surface area contributed by atoms with Crippen molar-refractivity contribution >= 4 is 46.1 Å². The highest BCUT2D eigenvalue weighted by atomic mass is 19.1. The number of piperazine rings is 1. The number of piperidine rings is 2. The molecule has 0 unspecified atom stereocenters. The van der Waals surface area contributed by atoms with E-state index >= 15 is 8.78 Å². The zero-order valence-electron chi connectivity index (χ0n) is 37.4. The molecule has 2 aromatic carbocycles. The number of hydrogen-bond donors (Lipinski definition) is 2. The summed E-state index contributed by atoms with van der Waals surface area (Å²) in [5.41, 5.74) is 6.48. The molecule has 1 aliphatic carbocycles. The first-order valence-corrected chi connectivity index (χ1v) is 22.9. The second-order valence-corrected chi connectivity index (χ2v) is 18.6. The minimum atomic E-state index is -1.03. The largest absolute Gasteiger partial charge is 0.477 e. The molecule has 342 valence electrons. The Balaban J connectivity index is 0.863. The van der Waals surface area contributed by atoms with E-state index in [0.29, 0.717) is 79.2 Å². The van der Waals surface area contributed by atoms with Crippen LogP contribution >= 0.6 is 0 Å². The molecule has 0 spiro atoms. The number of aromatic nitrogens is 5. The summed E-state index contributed by atoms with van der Waals surface area (Å²) in [4.78, 5) is 55.0. The van der Waals surface area contributed by atoms with Crippen LogP contribution in [-0.4, -0.2) is 112 Å². The van der Waals surface area contributed by atoms with Gasteiger partial charge in [-0.1, -0.05) is 0 Å². The maximum Gasteiger partial charge on any atom is 0.258 e. The van der Waals surface area contributed by atoms with E-state index in [9.17, 15) is 14.4 Å². The lowest BCUT2D eigenvalue weighted by Crippen LogP contribution is -2.60. The van der Waals surface area contributed by atoms with Crippen molar-refractivity contribution in [3.8, 4) is 17.1 Å². The Morgan fingerprint density at radius 2 is 1.63 bits per heavy atom. The number of hydrogen-bond acceptors (Lipinski definition) is 11. The topological polar surface area (TPSA) is 152 Å². The van der Waals surface area contributed by atoms with Crippen molar-refractivity contribution in [2.75, 3.05) is 68.2 Å². The first kappa shape index (κ1) is 43.0. The Morgan fingerprint density at radius 1 is 0.846 bits per heavy atom. The van der Waals surface area contributed by atoms with E-state index in [-0.39, 0.29) is 36.4 Å². The van der Waals surface area contributed by atoms with Gasteiger partial charge in [-0.25, -0.2) is 18.4 Å². The summed E-state index contributed by atoms with van der Waals surface area (Å²) in [6, 6.07) is 13.0. The van der Waals surface area contributed by atoms with Crippen molar-refractivity contribution in [1.29, 1.82) is 0 Å². The van der Waals surface area contributed by atoms with Crippen LogP contribution < -0.4 is 25.2 Å². The first-order valence-electron chi connectivity index (χ1n) is 22.9. The monoisotopic (exact) mass is 890 g/mol. The first-order chi connectivity index (χ1) is 31.4. The van der Waals surface area contributed by atoms with Gasteiger partial charge in [0.25, 0.3) is 5.91 Å². The molecule has 10 rings (SSSR count). The van der Waals surface area contributed by atoms with E-state index in [2.05, 4.69) is 48.3 Å². The summed E-state index contributed by atoms with van der Waals surface area (Å²) in [6.07, 6.45) is 4.85. The molecule has 4 bridgehead atoms. The Labute approximate surface area is 376 Å². The third-order valence-corrected chi connectivity index (χ3v) is 14.3. The summed E-state index contributed by atoms with van der Waals surface area (Å²) < 4.78 is 47.2. The quantitative estimate of drug-likeness (QED) is 0.190. The van der Waals surface area contributed by atoms with Crippen LogP contribution in [0.15, 0.2) is 42.5 Å². The van der Waals surface area contributed by atoms with Gasteiger partial charge >= 0.3 is 0 Å². The summed E-state index contributed by atoms with van der Waals surface area (Å²) in [7, 11) is 3.62. The summed E-state index contributed by atoms with van der Waals surface area (Å²) in [6.45, 7) is 9.30. The van der Waals surface area contributed by atoms with Crippen LogP contribution in [0.5, 0.6) is 5.88 Å². The zero-order chi connectivity index (χ0) is 45.1. The summed E-state index contributed by atoms with van der Waals surface area (Å²) >= 11 is 0. The normalized spacial score (nSPS) is 23.4. The number of halogens is 2. The zero-order valence-corrected chi connectivity index (χ0v) is 37.4. The van der Waals surface area contributed by atoms with Gasteiger partial charge in [0.15, 0.2) is 0 Å². The van der Waals surface area contributed by atoms with Crippen LogP contribution in [0, 0.1) is 37.3 Å². The van der Waals surface area contributed by atoms with E-state index in [1.165, 1.54) is 12.1 Å². The molecule has 3 saturated heterocycles. The molecule has 3 aromatic heterocycles. The van der Waals surface area contributed by atoms with Gasteiger partial charge in [-0.15, -0.1) is 0 Å². The van der Waals surface area contributed by atoms with E-state index in [1.807, 2.05) is 31.9 Å². The van der Waals surface area contributed by atoms with Crippen molar-refractivity contribution in [1.82, 2.24) is 34.5 Å². The molecule has 2 N–H and O–H groups in total. The Hall–Kier alpha value is -5.94. The van der Waals surface area contributed by atoms with Crippen LogP contribution in [0.3, 0.4) is 0 Å². The van der Waals surface area contributed by atoms with Gasteiger partial charge in [0.1, 0.15) is 11.6 Å². The fourth-order valence-electron chi connectivity index (χ4n) is 11.2. The SMILES string of the molecule is COC[C@@H]1CN(c2ccc3nc4n(c3c2)C[C@@H]2CC[C@H](COc3c(c(C)nn3C)-c3cc(cc(C)n3)C(=O)N4)C2)CCN1C1CCN(c2cc(F)c([C@H]3CCC(=O)NC3=O)c(F)c2)CC1. The number of fused-ring (bicyclic) bond motifs is 9. The molecule has 4 fully saturated rings. The molecule has 4 aliphatic heterocycles.